The van der Waals surface area contributed by atoms with Crippen molar-refractivity contribution in [2.75, 3.05) is 0 Å². The highest BCUT2D eigenvalue weighted by Crippen LogP contribution is 2.34. The van der Waals surface area contributed by atoms with E-state index in [2.05, 4.69) is 19.9 Å². The van der Waals surface area contributed by atoms with E-state index in [-0.39, 0.29) is 11.3 Å². The molecule has 0 amide bonds. The van der Waals surface area contributed by atoms with Gasteiger partial charge in [0.15, 0.2) is 5.65 Å². The maximum Gasteiger partial charge on any atom is 0.419 e. The highest BCUT2D eigenvalue weighted by atomic mass is 35.5. The first-order valence-electron chi connectivity index (χ1n) is 5.94. The van der Waals surface area contributed by atoms with Crippen LogP contribution in [0.5, 0.6) is 0 Å². The standard InChI is InChI=1S/C13H6ClF3N4O/c14-8-3-4-18-11-6(8)1-2-9(20-11)10-7(13(15,16)17)5-19-12(22)21-10/h1-5H,(H,19,21,22). The molecule has 3 aromatic rings. The van der Waals surface area contributed by atoms with E-state index in [9.17, 15) is 18.0 Å². The summed E-state index contributed by atoms with van der Waals surface area (Å²) in [4.78, 5) is 24.4. The predicted molar refractivity (Wildman–Crippen MR) is 73.4 cm³/mol. The minimum atomic E-state index is -4.68. The van der Waals surface area contributed by atoms with Crippen LogP contribution >= 0.6 is 11.6 Å². The van der Waals surface area contributed by atoms with Gasteiger partial charge in [-0.15, -0.1) is 0 Å². The lowest BCUT2D eigenvalue weighted by molar-refractivity contribution is -0.137. The van der Waals surface area contributed by atoms with Gasteiger partial charge >= 0.3 is 11.9 Å². The molecule has 0 aliphatic carbocycles. The Labute approximate surface area is 125 Å². The minimum Gasteiger partial charge on any atom is -0.303 e. The second-order valence-corrected chi connectivity index (χ2v) is 4.74. The quantitative estimate of drug-likeness (QED) is 0.746. The molecule has 0 fully saturated rings. The first-order chi connectivity index (χ1) is 10.4. The summed E-state index contributed by atoms with van der Waals surface area (Å²) in [6.45, 7) is 0. The summed E-state index contributed by atoms with van der Waals surface area (Å²) in [6, 6.07) is 4.36. The molecule has 22 heavy (non-hydrogen) atoms. The van der Waals surface area contributed by atoms with Crippen molar-refractivity contribution in [1.82, 2.24) is 19.9 Å². The zero-order chi connectivity index (χ0) is 15.9. The molecule has 3 aromatic heterocycles. The summed E-state index contributed by atoms with van der Waals surface area (Å²) in [5, 5.41) is 0.876. The molecule has 0 bridgehead atoms. The summed E-state index contributed by atoms with van der Waals surface area (Å²) in [5.41, 5.74) is -2.34. The molecule has 1 N–H and O–H groups in total. The number of H-pyrrole nitrogens is 1. The number of pyridine rings is 2. The van der Waals surface area contributed by atoms with Crippen LogP contribution in [-0.4, -0.2) is 19.9 Å². The average Bonchev–Trinajstić information content (AvgIpc) is 2.46. The molecular formula is C13H6ClF3N4O. The van der Waals surface area contributed by atoms with E-state index < -0.39 is 23.1 Å². The number of aromatic nitrogens is 4. The highest BCUT2D eigenvalue weighted by Gasteiger charge is 2.35. The number of hydrogen-bond acceptors (Lipinski definition) is 4. The number of hydrogen-bond donors (Lipinski definition) is 1. The summed E-state index contributed by atoms with van der Waals surface area (Å²) in [5.74, 6) is 0. The van der Waals surface area contributed by atoms with Crippen LogP contribution in [-0.2, 0) is 6.18 Å². The van der Waals surface area contributed by atoms with Crippen LogP contribution in [0.4, 0.5) is 13.2 Å². The number of aromatic amines is 1. The van der Waals surface area contributed by atoms with Crippen molar-refractivity contribution in [2.45, 2.75) is 6.18 Å². The van der Waals surface area contributed by atoms with Crippen LogP contribution in [0.1, 0.15) is 5.56 Å². The number of rotatable bonds is 1. The SMILES string of the molecule is O=c1ncc(C(F)(F)F)c(-c2ccc3c(Cl)ccnc3n2)[nH]1. The predicted octanol–water partition coefficient (Wildman–Crippen LogP) is 3.05. The lowest BCUT2D eigenvalue weighted by Crippen LogP contribution is -2.18. The lowest BCUT2D eigenvalue weighted by Gasteiger charge is -2.11. The van der Waals surface area contributed by atoms with E-state index in [1.54, 1.807) is 6.07 Å². The molecule has 3 heterocycles. The first-order valence-corrected chi connectivity index (χ1v) is 6.32. The maximum absolute atomic E-state index is 13.0. The molecule has 0 radical (unpaired) electrons. The Bertz CT molecular complexity index is 923. The molecule has 3 rings (SSSR count). The highest BCUT2D eigenvalue weighted by molar-refractivity contribution is 6.35. The van der Waals surface area contributed by atoms with E-state index in [1.807, 2.05) is 0 Å². The Morgan fingerprint density at radius 2 is 1.91 bits per heavy atom. The molecule has 0 aromatic carbocycles. The third-order valence-electron chi connectivity index (χ3n) is 2.92. The van der Waals surface area contributed by atoms with E-state index >= 15 is 0 Å². The van der Waals surface area contributed by atoms with Gasteiger partial charge in [-0.2, -0.15) is 13.2 Å². The topological polar surface area (TPSA) is 71.5 Å². The number of nitrogens with one attached hydrogen (secondary N) is 1. The Kier molecular flexibility index (Phi) is 3.32. The van der Waals surface area contributed by atoms with Crippen LogP contribution in [0.3, 0.4) is 0 Å². The van der Waals surface area contributed by atoms with Crippen molar-refractivity contribution < 1.29 is 13.2 Å². The van der Waals surface area contributed by atoms with Crippen molar-refractivity contribution in [3.05, 3.63) is 51.7 Å². The van der Waals surface area contributed by atoms with E-state index in [0.29, 0.717) is 16.6 Å². The summed E-state index contributed by atoms with van der Waals surface area (Å²) in [7, 11) is 0. The molecular weight excluding hydrogens is 321 g/mol. The van der Waals surface area contributed by atoms with Gasteiger partial charge in [0, 0.05) is 17.8 Å². The van der Waals surface area contributed by atoms with Crippen LogP contribution in [0.15, 0.2) is 35.4 Å². The van der Waals surface area contributed by atoms with Crippen LogP contribution in [0.25, 0.3) is 22.4 Å². The second kappa shape index (κ2) is 5.06. The van der Waals surface area contributed by atoms with Gasteiger partial charge in [-0.1, -0.05) is 11.6 Å². The summed E-state index contributed by atoms with van der Waals surface area (Å²) in [6.07, 6.45) is -2.81. The molecule has 0 atom stereocenters. The van der Waals surface area contributed by atoms with Gasteiger partial charge in [-0.05, 0) is 18.2 Å². The van der Waals surface area contributed by atoms with Gasteiger partial charge in [0.1, 0.15) is 0 Å². The zero-order valence-electron chi connectivity index (χ0n) is 10.6. The van der Waals surface area contributed by atoms with Crippen LogP contribution in [0, 0.1) is 0 Å². The molecule has 0 aliphatic heterocycles. The first kappa shape index (κ1) is 14.5. The molecule has 0 saturated heterocycles. The van der Waals surface area contributed by atoms with Crippen molar-refractivity contribution in [2.24, 2.45) is 0 Å². The van der Waals surface area contributed by atoms with Crippen LogP contribution in [0.2, 0.25) is 5.02 Å². The number of fused-ring (bicyclic) bond motifs is 1. The maximum atomic E-state index is 13.0. The fourth-order valence-corrected chi connectivity index (χ4v) is 2.15. The largest absolute Gasteiger partial charge is 0.419 e. The average molecular weight is 327 g/mol. The summed E-state index contributed by atoms with van der Waals surface area (Å²) >= 11 is 5.96. The van der Waals surface area contributed by atoms with E-state index in [0.717, 1.165) is 0 Å². The number of halogens is 4. The third-order valence-corrected chi connectivity index (χ3v) is 3.25. The number of alkyl halides is 3. The van der Waals surface area contributed by atoms with E-state index in [1.165, 1.54) is 18.3 Å². The Hall–Kier alpha value is -2.48. The van der Waals surface area contributed by atoms with Crippen molar-refractivity contribution in [3.8, 4) is 11.4 Å². The van der Waals surface area contributed by atoms with Gasteiger partial charge < -0.3 is 4.98 Å². The van der Waals surface area contributed by atoms with Gasteiger partial charge in [0.05, 0.1) is 22.0 Å². The lowest BCUT2D eigenvalue weighted by atomic mass is 10.1. The van der Waals surface area contributed by atoms with Crippen molar-refractivity contribution >= 4 is 22.6 Å². The van der Waals surface area contributed by atoms with Crippen molar-refractivity contribution in [1.29, 1.82) is 0 Å². The van der Waals surface area contributed by atoms with Gasteiger partial charge in [-0.3, -0.25) is 0 Å². The zero-order valence-corrected chi connectivity index (χ0v) is 11.4. The molecule has 0 spiro atoms. The smallest absolute Gasteiger partial charge is 0.303 e. The molecule has 112 valence electrons. The Morgan fingerprint density at radius 1 is 1.14 bits per heavy atom. The fourth-order valence-electron chi connectivity index (χ4n) is 1.95. The Morgan fingerprint density at radius 3 is 2.64 bits per heavy atom. The second-order valence-electron chi connectivity index (χ2n) is 4.34. The molecule has 5 nitrogen and oxygen atoms in total. The Balaban J connectivity index is 2.28. The molecule has 0 saturated carbocycles. The van der Waals surface area contributed by atoms with E-state index in [4.69, 9.17) is 11.6 Å². The molecule has 9 heteroatoms. The van der Waals surface area contributed by atoms with Gasteiger partial charge in [-0.25, -0.2) is 19.7 Å². The molecule has 0 aliphatic rings. The normalized spacial score (nSPS) is 11.8. The minimum absolute atomic E-state index is 0.0749. The fraction of sp³-hybridized carbons (Fsp3) is 0.0769. The van der Waals surface area contributed by atoms with Crippen LogP contribution < -0.4 is 5.69 Å². The van der Waals surface area contributed by atoms with Crippen molar-refractivity contribution in [3.63, 3.8) is 0 Å². The van der Waals surface area contributed by atoms with Gasteiger partial charge in [0.2, 0.25) is 0 Å². The number of nitrogens with zero attached hydrogens (tertiary/aromatic N) is 3. The monoisotopic (exact) mass is 326 g/mol. The van der Waals surface area contributed by atoms with Gasteiger partial charge in [0.25, 0.3) is 0 Å². The third kappa shape index (κ3) is 2.52. The summed E-state index contributed by atoms with van der Waals surface area (Å²) < 4.78 is 39.1. The molecule has 0 unspecified atom stereocenters.